The molecule has 154 valence electrons. The lowest BCUT2D eigenvalue weighted by molar-refractivity contribution is -0.123. The molecule has 2 heterocycles. The number of nitrogens with zero attached hydrogens (tertiary/aromatic N) is 2. The highest BCUT2D eigenvalue weighted by atomic mass is 127. The lowest BCUT2D eigenvalue weighted by atomic mass is 10.2. The summed E-state index contributed by atoms with van der Waals surface area (Å²) in [7, 11) is 0. The molecule has 9 heteroatoms. The average Bonchev–Trinajstić information content (AvgIpc) is 3.16. The first-order chi connectivity index (χ1) is 13.9. The second kappa shape index (κ2) is 9.44. The number of halogens is 3. The predicted octanol–water partition coefficient (Wildman–Crippen LogP) is 4.44. The van der Waals surface area contributed by atoms with Gasteiger partial charge in [-0.3, -0.25) is 19.4 Å². The summed E-state index contributed by atoms with van der Waals surface area (Å²) < 4.78 is 3.05. The van der Waals surface area contributed by atoms with Gasteiger partial charge in [-0.25, -0.2) is 0 Å². The largest absolute Gasteiger partial charge is 0.348 e. The molecule has 0 saturated carbocycles. The van der Waals surface area contributed by atoms with Crippen LogP contribution in [0.25, 0.3) is 0 Å². The lowest BCUT2D eigenvalue weighted by Gasteiger charge is -2.34. The minimum atomic E-state index is -0.233. The average molecular weight is 653 g/mol. The summed E-state index contributed by atoms with van der Waals surface area (Å²) in [5.41, 5.74) is 2.99. The molecule has 1 aromatic carbocycles. The number of nitrogens with one attached hydrogen (secondary N) is 1. The molecule has 1 atom stereocenters. The first-order valence-corrected chi connectivity index (χ1v) is 12.9. The number of thiophene rings is 1. The van der Waals surface area contributed by atoms with Crippen molar-refractivity contribution in [2.45, 2.75) is 19.0 Å². The fourth-order valence-electron chi connectivity index (χ4n) is 3.89. The molecule has 2 aromatic rings. The molecule has 1 aliphatic heterocycles. The number of amides is 1. The molecule has 1 aliphatic carbocycles. The van der Waals surface area contributed by atoms with Crippen molar-refractivity contribution in [1.29, 1.82) is 0 Å². The summed E-state index contributed by atoms with van der Waals surface area (Å²) in [6.45, 7) is 4.98. The van der Waals surface area contributed by atoms with Crippen molar-refractivity contribution in [3.8, 4) is 0 Å². The third-order valence-corrected chi connectivity index (χ3v) is 9.02. The summed E-state index contributed by atoms with van der Waals surface area (Å²) in [5, 5.41) is 3.07. The maximum absolute atomic E-state index is 12.6. The zero-order valence-corrected chi connectivity index (χ0v) is 21.7. The molecule has 1 saturated heterocycles. The first-order valence-electron chi connectivity index (χ1n) is 9.40. The Labute approximate surface area is 204 Å². The fourth-order valence-corrected chi connectivity index (χ4v) is 7.82. The standard InChI is InChI=1S/C20H20Br2IN3O2S/c21-19-17-14(9-15(27)18(17)20(22)29-19)24-16(28)11-26-7-5-25(6-8-26)10-12-3-1-2-4-13(12)23/h1-4,14H,5-11H2,(H,24,28). The minimum absolute atomic E-state index is 0.0177. The number of hydrogen-bond acceptors (Lipinski definition) is 5. The Bertz CT molecular complexity index is 944. The van der Waals surface area contributed by atoms with Gasteiger partial charge in [-0.15, -0.1) is 11.3 Å². The van der Waals surface area contributed by atoms with Gasteiger partial charge in [0.25, 0.3) is 0 Å². The molecular weight excluding hydrogens is 633 g/mol. The molecule has 1 aromatic heterocycles. The Morgan fingerprint density at radius 2 is 1.83 bits per heavy atom. The van der Waals surface area contributed by atoms with Crippen LogP contribution >= 0.6 is 65.8 Å². The third kappa shape index (κ3) is 4.95. The molecule has 1 fully saturated rings. The van der Waals surface area contributed by atoms with Gasteiger partial charge in [-0.05, 0) is 66.1 Å². The summed E-state index contributed by atoms with van der Waals surface area (Å²) in [4.78, 5) is 29.5. The molecule has 29 heavy (non-hydrogen) atoms. The number of benzene rings is 1. The Balaban J connectivity index is 1.28. The van der Waals surface area contributed by atoms with E-state index in [1.807, 2.05) is 0 Å². The van der Waals surface area contributed by atoms with Crippen LogP contribution in [0.5, 0.6) is 0 Å². The highest BCUT2D eigenvalue weighted by molar-refractivity contribution is 14.1. The maximum atomic E-state index is 12.6. The number of ketones is 1. The van der Waals surface area contributed by atoms with Gasteiger partial charge in [0, 0.05) is 53.8 Å². The Kier molecular flexibility index (Phi) is 7.12. The van der Waals surface area contributed by atoms with Gasteiger partial charge in [-0.2, -0.15) is 0 Å². The van der Waals surface area contributed by atoms with Gasteiger partial charge >= 0.3 is 0 Å². The number of piperazine rings is 1. The number of rotatable bonds is 5. The monoisotopic (exact) mass is 651 g/mol. The topological polar surface area (TPSA) is 52.7 Å². The molecule has 0 spiro atoms. The molecule has 1 unspecified atom stereocenters. The highest BCUT2D eigenvalue weighted by Gasteiger charge is 2.36. The quantitative estimate of drug-likeness (QED) is 0.486. The van der Waals surface area contributed by atoms with Crippen LogP contribution in [0.2, 0.25) is 0 Å². The first kappa shape index (κ1) is 21.9. The van der Waals surface area contributed by atoms with Crippen molar-refractivity contribution < 1.29 is 9.59 Å². The van der Waals surface area contributed by atoms with Crippen molar-refractivity contribution in [3.63, 3.8) is 0 Å². The van der Waals surface area contributed by atoms with E-state index < -0.39 is 0 Å². The SMILES string of the molecule is O=C(CN1CCN(Cc2ccccc2I)CC1)NC1CC(=O)c2c(Br)sc(Br)c21. The maximum Gasteiger partial charge on any atom is 0.234 e. The van der Waals surface area contributed by atoms with Gasteiger partial charge in [0.2, 0.25) is 5.91 Å². The Hall–Kier alpha value is -0.330. The van der Waals surface area contributed by atoms with Crippen LogP contribution in [0.1, 0.15) is 33.9 Å². The molecule has 0 bridgehead atoms. The van der Waals surface area contributed by atoms with Crippen LogP contribution in [-0.4, -0.2) is 54.2 Å². The molecule has 5 nitrogen and oxygen atoms in total. The summed E-state index contributed by atoms with van der Waals surface area (Å²) in [5.74, 6) is 0.0687. The minimum Gasteiger partial charge on any atom is -0.348 e. The molecule has 1 amide bonds. The molecule has 2 aliphatic rings. The zero-order valence-electron chi connectivity index (χ0n) is 15.6. The van der Waals surface area contributed by atoms with Crippen LogP contribution in [0.4, 0.5) is 0 Å². The number of hydrogen-bond donors (Lipinski definition) is 1. The molecule has 4 rings (SSSR count). The van der Waals surface area contributed by atoms with Crippen molar-refractivity contribution in [3.05, 3.63) is 52.1 Å². The normalized spacial score (nSPS) is 20.1. The molecular formula is C20H20Br2IN3O2S. The summed E-state index contributed by atoms with van der Waals surface area (Å²) in [6.07, 6.45) is 0.338. The van der Waals surface area contributed by atoms with E-state index in [1.54, 1.807) is 0 Å². The molecule has 0 radical (unpaired) electrons. The fraction of sp³-hybridized carbons (Fsp3) is 0.400. The van der Waals surface area contributed by atoms with Gasteiger partial charge in [0.1, 0.15) is 0 Å². The van der Waals surface area contributed by atoms with Gasteiger partial charge in [0.05, 0.1) is 20.2 Å². The van der Waals surface area contributed by atoms with Crippen molar-refractivity contribution in [1.82, 2.24) is 15.1 Å². The number of carbonyl (C=O) groups excluding carboxylic acids is 2. The van der Waals surface area contributed by atoms with E-state index in [4.69, 9.17) is 0 Å². The van der Waals surface area contributed by atoms with Crippen LogP contribution in [0.3, 0.4) is 0 Å². The van der Waals surface area contributed by atoms with Gasteiger partial charge in [0.15, 0.2) is 5.78 Å². The van der Waals surface area contributed by atoms with Crippen LogP contribution in [0.15, 0.2) is 31.8 Å². The zero-order chi connectivity index (χ0) is 20.5. The highest BCUT2D eigenvalue weighted by Crippen LogP contribution is 2.46. The van der Waals surface area contributed by atoms with Crippen molar-refractivity contribution in [2.24, 2.45) is 0 Å². The lowest BCUT2D eigenvalue weighted by Crippen LogP contribution is -2.49. The van der Waals surface area contributed by atoms with Gasteiger partial charge < -0.3 is 5.32 Å². The second-order valence-electron chi connectivity index (χ2n) is 7.33. The van der Waals surface area contributed by atoms with Crippen LogP contribution < -0.4 is 5.32 Å². The summed E-state index contributed by atoms with van der Waals surface area (Å²) in [6, 6.07) is 8.24. The Morgan fingerprint density at radius 3 is 2.55 bits per heavy atom. The van der Waals surface area contributed by atoms with E-state index in [2.05, 4.69) is 93.8 Å². The van der Waals surface area contributed by atoms with E-state index in [0.29, 0.717) is 13.0 Å². The number of carbonyl (C=O) groups is 2. The van der Waals surface area contributed by atoms with E-state index in [0.717, 1.165) is 51.4 Å². The van der Waals surface area contributed by atoms with Crippen LogP contribution in [-0.2, 0) is 11.3 Å². The van der Waals surface area contributed by atoms with Crippen molar-refractivity contribution >= 4 is 77.5 Å². The van der Waals surface area contributed by atoms with Crippen molar-refractivity contribution in [2.75, 3.05) is 32.7 Å². The summed E-state index contributed by atoms with van der Waals surface area (Å²) >= 11 is 10.9. The molecule has 1 N–H and O–H groups in total. The Morgan fingerprint density at radius 1 is 1.14 bits per heavy atom. The third-order valence-electron chi connectivity index (χ3n) is 5.39. The van der Waals surface area contributed by atoms with Gasteiger partial charge in [-0.1, -0.05) is 18.2 Å². The van der Waals surface area contributed by atoms with E-state index in [-0.39, 0.29) is 17.7 Å². The van der Waals surface area contributed by atoms with E-state index in [9.17, 15) is 9.59 Å². The van der Waals surface area contributed by atoms with E-state index in [1.165, 1.54) is 20.5 Å². The van der Waals surface area contributed by atoms with Crippen LogP contribution in [0, 0.1) is 3.57 Å². The number of Topliss-reactive ketones (excluding diaryl/α,β-unsaturated/α-hetero) is 1. The van der Waals surface area contributed by atoms with E-state index >= 15 is 0 Å². The second-order valence-corrected chi connectivity index (χ2v) is 12.1. The predicted molar refractivity (Wildman–Crippen MR) is 130 cm³/mol. The smallest absolute Gasteiger partial charge is 0.234 e. The number of fused-ring (bicyclic) bond motifs is 1.